The Kier molecular flexibility index (Phi) is 3.63. The number of carbonyl (C=O) groups is 1. The van der Waals surface area contributed by atoms with E-state index in [1.54, 1.807) is 0 Å². The van der Waals surface area contributed by atoms with Gasteiger partial charge in [-0.1, -0.05) is 13.8 Å². The summed E-state index contributed by atoms with van der Waals surface area (Å²) in [7, 11) is 0. The van der Waals surface area contributed by atoms with Crippen molar-refractivity contribution < 1.29 is 9.53 Å². The second-order valence-electron chi connectivity index (χ2n) is 5.67. The molecule has 1 aliphatic rings. The van der Waals surface area contributed by atoms with E-state index >= 15 is 0 Å². The summed E-state index contributed by atoms with van der Waals surface area (Å²) in [5, 5.41) is 2.95. The maximum absolute atomic E-state index is 11.5. The number of ether oxygens (including phenoxy) is 1. The van der Waals surface area contributed by atoms with Crippen LogP contribution >= 0.6 is 0 Å². The molecule has 1 rings (SSSR count). The van der Waals surface area contributed by atoms with E-state index in [1.165, 1.54) is 6.42 Å². The van der Waals surface area contributed by atoms with Crippen LogP contribution in [0.4, 0.5) is 4.79 Å². The first-order chi connectivity index (χ1) is 6.79. The number of hydrogen-bond donors (Lipinski definition) is 1. The number of alkyl carbamates (subject to hydrolysis) is 1. The molecule has 15 heavy (non-hydrogen) atoms. The lowest BCUT2D eigenvalue weighted by atomic mass is 9.98. The number of rotatable bonds is 1. The molecule has 1 saturated carbocycles. The van der Waals surface area contributed by atoms with Crippen LogP contribution in [-0.4, -0.2) is 17.7 Å². The first kappa shape index (κ1) is 12.3. The fourth-order valence-electron chi connectivity index (χ4n) is 2.03. The van der Waals surface area contributed by atoms with Crippen LogP contribution in [0.3, 0.4) is 0 Å². The summed E-state index contributed by atoms with van der Waals surface area (Å²) in [5.41, 5.74) is -0.405. The highest BCUT2D eigenvalue weighted by atomic mass is 16.6. The molecule has 0 aromatic rings. The van der Waals surface area contributed by atoms with Gasteiger partial charge in [-0.3, -0.25) is 0 Å². The lowest BCUT2D eigenvalue weighted by Crippen LogP contribution is -2.40. The molecule has 3 heteroatoms. The van der Waals surface area contributed by atoms with Gasteiger partial charge in [0.2, 0.25) is 0 Å². The highest BCUT2D eigenvalue weighted by Gasteiger charge is 2.31. The fourth-order valence-corrected chi connectivity index (χ4v) is 2.03. The highest BCUT2D eigenvalue weighted by molar-refractivity contribution is 5.68. The Morgan fingerprint density at radius 3 is 2.27 bits per heavy atom. The topological polar surface area (TPSA) is 38.3 Å². The van der Waals surface area contributed by atoms with E-state index in [0.29, 0.717) is 11.8 Å². The second-order valence-corrected chi connectivity index (χ2v) is 5.67. The highest BCUT2D eigenvalue weighted by Crippen LogP contribution is 2.31. The fraction of sp³-hybridized carbons (Fsp3) is 0.917. The van der Waals surface area contributed by atoms with E-state index in [-0.39, 0.29) is 12.1 Å². The Bertz CT molecular complexity index is 232. The number of nitrogens with one attached hydrogen (secondary N) is 1. The minimum absolute atomic E-state index is 0.284. The minimum Gasteiger partial charge on any atom is -0.444 e. The normalized spacial score (nSPS) is 31.4. The Morgan fingerprint density at radius 2 is 1.87 bits per heavy atom. The molecule has 1 fully saturated rings. The van der Waals surface area contributed by atoms with Crippen LogP contribution in [0.15, 0.2) is 0 Å². The Balaban J connectivity index is 2.39. The van der Waals surface area contributed by atoms with Crippen LogP contribution in [0.1, 0.15) is 47.5 Å². The lowest BCUT2D eigenvalue weighted by Gasteiger charge is -2.24. The molecule has 1 amide bonds. The number of hydrogen-bond acceptors (Lipinski definition) is 2. The lowest BCUT2D eigenvalue weighted by molar-refractivity contribution is 0.0492. The Morgan fingerprint density at radius 1 is 1.27 bits per heavy atom. The van der Waals surface area contributed by atoms with Gasteiger partial charge in [-0.2, -0.15) is 0 Å². The first-order valence-corrected chi connectivity index (χ1v) is 5.79. The Hall–Kier alpha value is -0.730. The Labute approximate surface area is 92.6 Å². The number of carbonyl (C=O) groups excluding carboxylic acids is 1. The quantitative estimate of drug-likeness (QED) is 0.727. The average Bonchev–Trinajstić information content (AvgIpc) is 2.32. The van der Waals surface area contributed by atoms with Crippen molar-refractivity contribution in [3.8, 4) is 0 Å². The first-order valence-electron chi connectivity index (χ1n) is 5.79. The summed E-state index contributed by atoms with van der Waals surface area (Å²) >= 11 is 0. The van der Waals surface area contributed by atoms with E-state index in [2.05, 4.69) is 19.2 Å². The van der Waals surface area contributed by atoms with Crippen molar-refractivity contribution in [1.29, 1.82) is 0 Å². The second kappa shape index (κ2) is 4.42. The van der Waals surface area contributed by atoms with Crippen LogP contribution in [-0.2, 0) is 4.74 Å². The summed E-state index contributed by atoms with van der Waals surface area (Å²) in [6.07, 6.45) is 1.98. The molecule has 1 aliphatic carbocycles. The average molecular weight is 213 g/mol. The van der Waals surface area contributed by atoms with Crippen molar-refractivity contribution >= 4 is 6.09 Å². The monoisotopic (exact) mass is 213 g/mol. The van der Waals surface area contributed by atoms with Crippen molar-refractivity contribution in [3.05, 3.63) is 0 Å². The van der Waals surface area contributed by atoms with E-state index in [9.17, 15) is 4.79 Å². The molecular formula is C12H23NO2. The molecule has 0 heterocycles. The van der Waals surface area contributed by atoms with Gasteiger partial charge in [0.15, 0.2) is 0 Å². The summed E-state index contributed by atoms with van der Waals surface area (Å²) in [4.78, 5) is 11.5. The van der Waals surface area contributed by atoms with Crippen molar-refractivity contribution in [3.63, 3.8) is 0 Å². The smallest absolute Gasteiger partial charge is 0.407 e. The molecule has 0 radical (unpaired) electrons. The van der Waals surface area contributed by atoms with Gasteiger partial charge >= 0.3 is 6.09 Å². The largest absolute Gasteiger partial charge is 0.444 e. The van der Waals surface area contributed by atoms with Gasteiger partial charge in [-0.05, 0) is 45.4 Å². The summed E-state index contributed by atoms with van der Waals surface area (Å²) in [6.45, 7) is 10.1. The van der Waals surface area contributed by atoms with E-state index in [4.69, 9.17) is 4.74 Å². The van der Waals surface area contributed by atoms with Crippen molar-refractivity contribution in [2.45, 2.75) is 59.1 Å². The summed E-state index contributed by atoms with van der Waals surface area (Å²) in [5.74, 6) is 1.25. The molecule has 3 atom stereocenters. The molecule has 3 nitrogen and oxygen atoms in total. The molecule has 0 saturated heterocycles. The van der Waals surface area contributed by atoms with Gasteiger partial charge in [0.25, 0.3) is 0 Å². The van der Waals surface area contributed by atoms with Crippen molar-refractivity contribution in [2.75, 3.05) is 0 Å². The van der Waals surface area contributed by atoms with Crippen LogP contribution in [0, 0.1) is 11.8 Å². The number of amides is 1. The SMILES string of the molecule is CC1CCC(NC(=O)OC(C)(C)C)C1C. The molecule has 0 aromatic carbocycles. The van der Waals surface area contributed by atoms with Gasteiger partial charge in [-0.25, -0.2) is 4.79 Å². The predicted octanol–water partition coefficient (Wildman–Crippen LogP) is 2.95. The van der Waals surface area contributed by atoms with Crippen molar-refractivity contribution in [1.82, 2.24) is 5.32 Å². The van der Waals surface area contributed by atoms with Gasteiger partial charge in [0.1, 0.15) is 5.60 Å². The van der Waals surface area contributed by atoms with Gasteiger partial charge in [0, 0.05) is 6.04 Å². The van der Waals surface area contributed by atoms with Crippen LogP contribution in [0.25, 0.3) is 0 Å². The molecule has 88 valence electrons. The van der Waals surface area contributed by atoms with Gasteiger partial charge in [0.05, 0.1) is 0 Å². The molecular weight excluding hydrogens is 190 g/mol. The minimum atomic E-state index is -0.405. The third kappa shape index (κ3) is 3.73. The zero-order valence-corrected chi connectivity index (χ0v) is 10.5. The predicted molar refractivity (Wildman–Crippen MR) is 60.7 cm³/mol. The molecule has 0 aliphatic heterocycles. The molecule has 3 unspecified atom stereocenters. The maximum atomic E-state index is 11.5. The standard InChI is InChI=1S/C12H23NO2/c1-8-6-7-10(9(8)2)13-11(14)15-12(3,4)5/h8-10H,6-7H2,1-5H3,(H,13,14). The summed E-state index contributed by atoms with van der Waals surface area (Å²) < 4.78 is 5.23. The maximum Gasteiger partial charge on any atom is 0.407 e. The van der Waals surface area contributed by atoms with Gasteiger partial charge < -0.3 is 10.1 Å². The van der Waals surface area contributed by atoms with Crippen LogP contribution < -0.4 is 5.32 Å². The molecule has 0 aromatic heterocycles. The third-order valence-corrected chi connectivity index (χ3v) is 3.17. The van der Waals surface area contributed by atoms with E-state index in [0.717, 1.165) is 6.42 Å². The van der Waals surface area contributed by atoms with E-state index in [1.807, 2.05) is 20.8 Å². The summed E-state index contributed by atoms with van der Waals surface area (Å²) in [6, 6.07) is 0.287. The van der Waals surface area contributed by atoms with Crippen LogP contribution in [0.5, 0.6) is 0 Å². The molecule has 0 spiro atoms. The zero-order chi connectivity index (χ0) is 11.6. The van der Waals surface area contributed by atoms with Crippen LogP contribution in [0.2, 0.25) is 0 Å². The third-order valence-electron chi connectivity index (χ3n) is 3.17. The van der Waals surface area contributed by atoms with Gasteiger partial charge in [-0.15, -0.1) is 0 Å². The van der Waals surface area contributed by atoms with E-state index < -0.39 is 5.60 Å². The molecule has 0 bridgehead atoms. The molecule has 1 N–H and O–H groups in total. The zero-order valence-electron chi connectivity index (χ0n) is 10.5. The van der Waals surface area contributed by atoms with Crippen molar-refractivity contribution in [2.24, 2.45) is 11.8 Å².